The third-order valence-corrected chi connectivity index (χ3v) is 6.67. The molecule has 5 nitrogen and oxygen atoms in total. The zero-order valence-electron chi connectivity index (χ0n) is 17.5. The summed E-state index contributed by atoms with van der Waals surface area (Å²) >= 11 is 12.2. The molecule has 2 aromatic rings. The fourth-order valence-electron chi connectivity index (χ4n) is 4.63. The molecule has 0 N–H and O–H groups in total. The van der Waals surface area contributed by atoms with E-state index in [1.54, 1.807) is 6.20 Å². The Morgan fingerprint density at radius 1 is 1.13 bits per heavy atom. The molecule has 0 amide bonds. The van der Waals surface area contributed by atoms with Gasteiger partial charge >= 0.3 is 0 Å². The summed E-state index contributed by atoms with van der Waals surface area (Å²) in [6.45, 7) is 5.53. The van der Waals surface area contributed by atoms with Gasteiger partial charge in [0.25, 0.3) is 0 Å². The van der Waals surface area contributed by atoms with E-state index in [9.17, 15) is 0 Å². The van der Waals surface area contributed by atoms with Crippen LogP contribution < -0.4 is 4.90 Å². The second kappa shape index (κ2) is 9.84. The van der Waals surface area contributed by atoms with Gasteiger partial charge < -0.3 is 14.4 Å². The number of rotatable bonds is 5. The lowest BCUT2D eigenvalue weighted by Crippen LogP contribution is -2.62. The molecular weight excluding hydrogens is 421 g/mol. The van der Waals surface area contributed by atoms with Crippen LogP contribution in [0.5, 0.6) is 0 Å². The summed E-state index contributed by atoms with van der Waals surface area (Å²) in [4.78, 5) is 9.38. The molecule has 0 radical (unpaired) electrons. The molecule has 2 fully saturated rings. The molecule has 0 unspecified atom stereocenters. The quantitative estimate of drug-likeness (QED) is 0.679. The lowest BCUT2D eigenvalue weighted by atomic mass is 9.94. The topological polar surface area (TPSA) is 37.8 Å². The highest BCUT2D eigenvalue weighted by Gasteiger charge is 2.39. The lowest BCUT2D eigenvalue weighted by molar-refractivity contribution is -0.101. The number of hydrogen-bond donors (Lipinski definition) is 0. The number of benzene rings is 1. The monoisotopic (exact) mass is 449 g/mol. The number of pyridine rings is 1. The zero-order chi connectivity index (χ0) is 21.1. The number of anilines is 1. The molecule has 2 aliphatic rings. The van der Waals surface area contributed by atoms with Gasteiger partial charge in [-0.3, -0.25) is 4.90 Å². The van der Waals surface area contributed by atoms with Gasteiger partial charge in [-0.15, -0.1) is 0 Å². The molecule has 4 rings (SSSR count). The summed E-state index contributed by atoms with van der Waals surface area (Å²) < 4.78 is 12.0. The molecule has 30 heavy (non-hydrogen) atoms. The maximum atomic E-state index is 6.18. The van der Waals surface area contributed by atoms with Gasteiger partial charge in [-0.25, -0.2) is 4.98 Å². The molecule has 0 saturated carbocycles. The van der Waals surface area contributed by atoms with Crippen molar-refractivity contribution in [2.75, 3.05) is 38.3 Å². The van der Waals surface area contributed by atoms with E-state index in [1.807, 2.05) is 31.4 Å². The number of hydrogen-bond acceptors (Lipinski definition) is 5. The van der Waals surface area contributed by atoms with Gasteiger partial charge in [0, 0.05) is 55.1 Å². The number of morpholine rings is 1. The van der Waals surface area contributed by atoms with Crippen molar-refractivity contribution in [2.24, 2.45) is 0 Å². The Bertz CT molecular complexity index is 835. The number of halogens is 2. The summed E-state index contributed by atoms with van der Waals surface area (Å²) in [7, 11) is 1.81. The van der Waals surface area contributed by atoms with Crippen molar-refractivity contribution in [1.29, 1.82) is 0 Å². The van der Waals surface area contributed by atoms with Gasteiger partial charge in [0.15, 0.2) is 0 Å². The van der Waals surface area contributed by atoms with Crippen LogP contribution in [0.15, 0.2) is 42.6 Å². The maximum Gasteiger partial charge on any atom is 0.130 e. The van der Waals surface area contributed by atoms with Crippen molar-refractivity contribution in [3.8, 4) is 0 Å². The zero-order valence-corrected chi connectivity index (χ0v) is 19.0. The van der Waals surface area contributed by atoms with E-state index in [0.29, 0.717) is 17.1 Å². The van der Waals surface area contributed by atoms with E-state index < -0.39 is 0 Å². The number of methoxy groups -OCH3 is 1. The molecule has 1 aromatic carbocycles. The van der Waals surface area contributed by atoms with E-state index >= 15 is 0 Å². The number of ether oxygens (including phenoxy) is 2. The first-order valence-electron chi connectivity index (χ1n) is 10.5. The largest absolute Gasteiger partial charge is 0.378 e. The van der Waals surface area contributed by atoms with Crippen LogP contribution in [0.25, 0.3) is 0 Å². The van der Waals surface area contributed by atoms with Crippen molar-refractivity contribution in [2.45, 2.75) is 44.1 Å². The minimum Gasteiger partial charge on any atom is -0.378 e. The first kappa shape index (κ1) is 21.8. The van der Waals surface area contributed by atoms with Gasteiger partial charge in [0.2, 0.25) is 0 Å². The average molecular weight is 450 g/mol. The molecule has 2 saturated heterocycles. The predicted octanol–water partition coefficient (Wildman–Crippen LogP) is 4.31. The molecule has 3 heterocycles. The van der Waals surface area contributed by atoms with Crippen molar-refractivity contribution >= 4 is 29.0 Å². The van der Waals surface area contributed by atoms with E-state index in [1.165, 1.54) is 5.56 Å². The van der Waals surface area contributed by atoms with Crippen molar-refractivity contribution < 1.29 is 9.47 Å². The van der Waals surface area contributed by atoms with E-state index in [-0.39, 0.29) is 12.2 Å². The molecular formula is C23H29Cl2N3O2. The Morgan fingerprint density at radius 2 is 1.93 bits per heavy atom. The Kier molecular flexibility index (Phi) is 7.16. The number of aromatic nitrogens is 1. The molecule has 7 heteroatoms. The molecule has 162 valence electrons. The van der Waals surface area contributed by atoms with E-state index in [2.05, 4.69) is 33.8 Å². The third kappa shape index (κ3) is 5.09. The van der Waals surface area contributed by atoms with E-state index in [4.69, 9.17) is 32.7 Å². The second-order valence-corrected chi connectivity index (χ2v) is 9.11. The van der Waals surface area contributed by atoms with Crippen LogP contribution in [0.2, 0.25) is 10.0 Å². The van der Waals surface area contributed by atoms with Crippen molar-refractivity contribution in [3.63, 3.8) is 0 Å². The van der Waals surface area contributed by atoms with Crippen LogP contribution in [0.1, 0.15) is 18.9 Å². The van der Waals surface area contributed by atoms with Crippen LogP contribution >= 0.6 is 23.2 Å². The summed E-state index contributed by atoms with van der Waals surface area (Å²) in [5, 5.41) is 1.48. The molecule has 4 atom stereocenters. The predicted molar refractivity (Wildman–Crippen MR) is 122 cm³/mol. The smallest absolute Gasteiger partial charge is 0.130 e. The molecule has 0 bridgehead atoms. The van der Waals surface area contributed by atoms with Gasteiger partial charge in [-0.05, 0) is 49.6 Å². The summed E-state index contributed by atoms with van der Waals surface area (Å²) in [5.74, 6) is 0.913. The summed E-state index contributed by atoms with van der Waals surface area (Å²) in [6.07, 6.45) is 4.03. The maximum absolute atomic E-state index is 6.18. The first-order valence-corrected chi connectivity index (χ1v) is 11.3. The first-order chi connectivity index (χ1) is 14.5. The molecule has 0 spiro atoms. The van der Waals surface area contributed by atoms with Crippen LogP contribution in [-0.2, 0) is 15.9 Å². The minimum atomic E-state index is 0.0950. The third-order valence-electron chi connectivity index (χ3n) is 6.18. The van der Waals surface area contributed by atoms with Gasteiger partial charge in [-0.2, -0.15) is 0 Å². The van der Waals surface area contributed by atoms with Gasteiger partial charge in [-0.1, -0.05) is 35.3 Å². The van der Waals surface area contributed by atoms with E-state index in [0.717, 1.165) is 49.9 Å². The SMILES string of the molecule is CO[C@H]1CN(c2cc(Cl)ccn2)CC[C@@H]1N1C[C@H](C)OC[C@@H]1Cc1ccc(Cl)cc1. The Labute approximate surface area is 188 Å². The standard InChI is InChI=1S/C23H29Cl2N3O2/c1-16-13-28(20(15-30-16)11-17-3-5-18(24)6-4-17)21-8-10-27(14-22(21)29-2)23-12-19(25)7-9-26-23/h3-7,9,12,16,20-22H,8,10-11,13-15H2,1-2H3/t16-,20-,21-,22-/m0/s1. The summed E-state index contributed by atoms with van der Waals surface area (Å²) in [5.41, 5.74) is 1.28. The molecule has 2 aliphatic heterocycles. The van der Waals surface area contributed by atoms with Crippen molar-refractivity contribution in [1.82, 2.24) is 9.88 Å². The normalized spacial score (nSPS) is 27.9. The Morgan fingerprint density at radius 3 is 2.67 bits per heavy atom. The highest BCUT2D eigenvalue weighted by molar-refractivity contribution is 6.31. The molecule has 1 aromatic heterocycles. The van der Waals surface area contributed by atoms with Crippen LogP contribution in [0.4, 0.5) is 5.82 Å². The summed E-state index contributed by atoms with van der Waals surface area (Å²) in [6, 6.07) is 12.5. The van der Waals surface area contributed by atoms with Crippen LogP contribution in [0, 0.1) is 0 Å². The fraction of sp³-hybridized carbons (Fsp3) is 0.522. The lowest BCUT2D eigenvalue weighted by Gasteiger charge is -2.49. The Hall–Kier alpha value is -1.37. The fourth-order valence-corrected chi connectivity index (χ4v) is 4.91. The second-order valence-electron chi connectivity index (χ2n) is 8.23. The van der Waals surface area contributed by atoms with Crippen LogP contribution in [0.3, 0.4) is 0 Å². The molecule has 0 aliphatic carbocycles. The van der Waals surface area contributed by atoms with Gasteiger partial charge in [0.1, 0.15) is 5.82 Å². The minimum absolute atomic E-state index is 0.0950. The van der Waals surface area contributed by atoms with Crippen molar-refractivity contribution in [3.05, 3.63) is 58.2 Å². The number of nitrogens with zero attached hydrogens (tertiary/aromatic N) is 3. The highest BCUT2D eigenvalue weighted by Crippen LogP contribution is 2.29. The number of piperidine rings is 1. The average Bonchev–Trinajstić information content (AvgIpc) is 2.76. The highest BCUT2D eigenvalue weighted by atomic mass is 35.5. The Balaban J connectivity index is 1.49. The van der Waals surface area contributed by atoms with Crippen LogP contribution in [-0.4, -0.2) is 67.5 Å². The van der Waals surface area contributed by atoms with Gasteiger partial charge in [0.05, 0.1) is 18.8 Å².